The molecule has 3 N–H and O–H groups in total. The molecular formula is C15H20N4O5. The van der Waals surface area contributed by atoms with Crippen molar-refractivity contribution in [2.75, 3.05) is 30.9 Å². The number of hydrogen-bond donors (Lipinski definition) is 2. The van der Waals surface area contributed by atoms with E-state index >= 15 is 0 Å². The molecule has 0 aliphatic heterocycles. The molecular weight excluding hydrogens is 316 g/mol. The van der Waals surface area contributed by atoms with Gasteiger partial charge in [-0.1, -0.05) is 6.92 Å². The number of hydrogen-bond acceptors (Lipinski definition) is 6. The van der Waals surface area contributed by atoms with Crippen molar-refractivity contribution in [3.8, 4) is 0 Å². The van der Waals surface area contributed by atoms with Crippen molar-refractivity contribution < 1.29 is 13.9 Å². The Kier molecular flexibility index (Phi) is 5.59. The number of rotatable bonds is 7. The van der Waals surface area contributed by atoms with Crippen molar-refractivity contribution in [3.05, 3.63) is 45.0 Å². The van der Waals surface area contributed by atoms with Gasteiger partial charge in [-0.2, -0.15) is 0 Å². The second-order valence-corrected chi connectivity index (χ2v) is 5.07. The Hall–Kier alpha value is -2.81. The predicted molar refractivity (Wildman–Crippen MR) is 88.3 cm³/mol. The molecule has 0 aliphatic carbocycles. The Morgan fingerprint density at radius 1 is 1.46 bits per heavy atom. The lowest BCUT2D eigenvalue weighted by Crippen LogP contribution is -2.42. The molecule has 2 aromatic rings. The number of methoxy groups -OCH3 is 1. The highest BCUT2D eigenvalue weighted by Gasteiger charge is 2.26. The highest BCUT2D eigenvalue weighted by Crippen LogP contribution is 2.19. The minimum Gasteiger partial charge on any atom is -0.459 e. The summed E-state index contributed by atoms with van der Waals surface area (Å²) in [5.41, 5.74) is 4.57. The summed E-state index contributed by atoms with van der Waals surface area (Å²) >= 11 is 0. The maximum absolute atomic E-state index is 12.7. The highest BCUT2D eigenvalue weighted by molar-refractivity contribution is 6.05. The smallest absolute Gasteiger partial charge is 0.330 e. The van der Waals surface area contributed by atoms with Gasteiger partial charge in [0.25, 0.3) is 11.5 Å². The molecule has 0 aliphatic rings. The van der Waals surface area contributed by atoms with Crippen LogP contribution < -0.4 is 21.9 Å². The summed E-state index contributed by atoms with van der Waals surface area (Å²) in [7, 11) is 1.47. The zero-order valence-corrected chi connectivity index (χ0v) is 13.6. The van der Waals surface area contributed by atoms with E-state index in [0.29, 0.717) is 13.0 Å². The number of nitrogens with two attached hydrogens (primary N) is 1. The Labute approximate surface area is 137 Å². The fraction of sp³-hybridized carbons (Fsp3) is 0.400. The molecule has 0 bridgehead atoms. The lowest BCUT2D eigenvalue weighted by molar-refractivity contribution is 0.0949. The summed E-state index contributed by atoms with van der Waals surface area (Å²) in [6.45, 7) is 2.45. The Morgan fingerprint density at radius 3 is 2.79 bits per heavy atom. The van der Waals surface area contributed by atoms with Crippen molar-refractivity contribution in [3.63, 3.8) is 0 Å². The van der Waals surface area contributed by atoms with Crippen molar-refractivity contribution in [1.82, 2.24) is 9.55 Å². The molecule has 9 nitrogen and oxygen atoms in total. The van der Waals surface area contributed by atoms with Crippen LogP contribution >= 0.6 is 0 Å². The summed E-state index contributed by atoms with van der Waals surface area (Å²) in [4.78, 5) is 40.2. The number of ether oxygens (including phenoxy) is 1. The van der Waals surface area contributed by atoms with Crippen LogP contribution in [0, 0.1) is 0 Å². The molecule has 0 aromatic carbocycles. The van der Waals surface area contributed by atoms with Gasteiger partial charge in [0.05, 0.1) is 19.4 Å². The van der Waals surface area contributed by atoms with Crippen LogP contribution in [0.1, 0.15) is 23.9 Å². The van der Waals surface area contributed by atoms with Crippen molar-refractivity contribution >= 4 is 17.4 Å². The zero-order chi connectivity index (χ0) is 17.7. The monoisotopic (exact) mass is 336 g/mol. The number of aromatic nitrogens is 2. The largest absolute Gasteiger partial charge is 0.459 e. The van der Waals surface area contributed by atoms with E-state index in [0.717, 1.165) is 4.90 Å². The first kappa shape index (κ1) is 17.5. The van der Waals surface area contributed by atoms with Crippen LogP contribution in [0.15, 0.2) is 32.4 Å². The molecule has 0 radical (unpaired) electrons. The second-order valence-electron chi connectivity index (χ2n) is 5.07. The molecule has 0 spiro atoms. The van der Waals surface area contributed by atoms with E-state index in [1.807, 2.05) is 6.92 Å². The first-order chi connectivity index (χ1) is 11.5. The van der Waals surface area contributed by atoms with Gasteiger partial charge in [0.2, 0.25) is 0 Å². The van der Waals surface area contributed by atoms with Gasteiger partial charge in [-0.15, -0.1) is 0 Å². The van der Waals surface area contributed by atoms with Gasteiger partial charge in [0.1, 0.15) is 5.82 Å². The molecule has 0 fully saturated rings. The second kappa shape index (κ2) is 7.64. The van der Waals surface area contributed by atoms with Gasteiger partial charge < -0.3 is 14.9 Å². The molecule has 24 heavy (non-hydrogen) atoms. The number of nitrogens with one attached hydrogen (secondary N) is 1. The average molecular weight is 336 g/mol. The number of anilines is 2. The molecule has 1 amide bonds. The van der Waals surface area contributed by atoms with E-state index < -0.39 is 17.2 Å². The summed E-state index contributed by atoms with van der Waals surface area (Å²) in [5.74, 6) is -0.560. The van der Waals surface area contributed by atoms with Crippen LogP contribution in [0.25, 0.3) is 0 Å². The van der Waals surface area contributed by atoms with Crippen molar-refractivity contribution in [2.45, 2.75) is 19.9 Å². The van der Waals surface area contributed by atoms with Crippen LogP contribution in [-0.2, 0) is 11.3 Å². The van der Waals surface area contributed by atoms with Crippen LogP contribution in [0.2, 0.25) is 0 Å². The van der Waals surface area contributed by atoms with Gasteiger partial charge in [-0.3, -0.25) is 24.0 Å². The summed E-state index contributed by atoms with van der Waals surface area (Å²) < 4.78 is 11.3. The number of aromatic amines is 1. The molecule has 0 atom stereocenters. The summed E-state index contributed by atoms with van der Waals surface area (Å²) in [6, 6.07) is 3.04. The predicted octanol–water partition coefficient (Wildman–Crippen LogP) is 0.415. The third kappa shape index (κ3) is 3.40. The number of nitrogen functional groups attached to an aromatic ring is 1. The SMILES string of the molecule is CCCn1c(N)c(N(CCOC)C(=O)c2ccco2)c(=O)[nH]c1=O. The van der Waals surface area contributed by atoms with Crippen LogP contribution in [-0.4, -0.2) is 35.7 Å². The lowest BCUT2D eigenvalue weighted by atomic mass is 10.3. The van der Waals surface area contributed by atoms with E-state index in [-0.39, 0.29) is 30.4 Å². The Bertz CT molecular complexity index is 806. The molecule has 0 saturated carbocycles. The standard InChI is InChI=1S/C15H20N4O5/c1-3-6-19-12(16)11(13(20)17-15(19)22)18(7-9-23-2)14(21)10-5-4-8-24-10/h4-5,8H,3,6-7,9,16H2,1-2H3,(H,17,20,22). The van der Waals surface area contributed by atoms with Gasteiger partial charge in [0.15, 0.2) is 11.4 Å². The van der Waals surface area contributed by atoms with Crippen LogP contribution in [0.5, 0.6) is 0 Å². The first-order valence-corrected chi connectivity index (χ1v) is 7.48. The highest BCUT2D eigenvalue weighted by atomic mass is 16.5. The quantitative estimate of drug-likeness (QED) is 0.755. The number of amides is 1. The third-order valence-corrected chi connectivity index (χ3v) is 3.43. The fourth-order valence-corrected chi connectivity index (χ4v) is 2.31. The molecule has 2 heterocycles. The molecule has 0 saturated heterocycles. The maximum atomic E-state index is 12.7. The van der Waals surface area contributed by atoms with Crippen LogP contribution in [0.3, 0.4) is 0 Å². The lowest BCUT2D eigenvalue weighted by Gasteiger charge is -2.23. The minimum atomic E-state index is -0.735. The maximum Gasteiger partial charge on any atom is 0.330 e. The molecule has 2 rings (SSSR count). The van der Waals surface area contributed by atoms with Gasteiger partial charge in [-0.25, -0.2) is 4.79 Å². The van der Waals surface area contributed by atoms with Crippen molar-refractivity contribution in [1.29, 1.82) is 0 Å². The van der Waals surface area contributed by atoms with E-state index in [1.54, 1.807) is 6.07 Å². The van der Waals surface area contributed by atoms with Gasteiger partial charge in [-0.05, 0) is 18.6 Å². The number of carbonyl (C=O) groups excluding carboxylic acids is 1. The third-order valence-electron chi connectivity index (χ3n) is 3.43. The Balaban J connectivity index is 2.57. The van der Waals surface area contributed by atoms with Gasteiger partial charge in [0, 0.05) is 13.7 Å². The number of nitrogens with zero attached hydrogens (tertiary/aromatic N) is 2. The van der Waals surface area contributed by atoms with E-state index in [9.17, 15) is 14.4 Å². The average Bonchev–Trinajstić information content (AvgIpc) is 3.08. The molecule has 0 unspecified atom stereocenters. The van der Waals surface area contributed by atoms with E-state index in [2.05, 4.69) is 4.98 Å². The number of carbonyl (C=O) groups is 1. The van der Waals surface area contributed by atoms with Gasteiger partial charge >= 0.3 is 5.69 Å². The summed E-state index contributed by atoms with van der Waals surface area (Å²) in [6.07, 6.45) is 1.99. The first-order valence-electron chi connectivity index (χ1n) is 7.48. The molecule has 130 valence electrons. The Morgan fingerprint density at radius 2 is 2.21 bits per heavy atom. The van der Waals surface area contributed by atoms with Crippen LogP contribution in [0.4, 0.5) is 11.5 Å². The fourth-order valence-electron chi connectivity index (χ4n) is 2.31. The summed E-state index contributed by atoms with van der Waals surface area (Å²) in [5, 5.41) is 0. The molecule has 2 aromatic heterocycles. The normalized spacial score (nSPS) is 10.8. The van der Waals surface area contributed by atoms with E-state index in [1.165, 1.54) is 24.0 Å². The van der Waals surface area contributed by atoms with Crippen molar-refractivity contribution in [2.24, 2.45) is 0 Å². The molecule has 9 heteroatoms. The number of H-pyrrole nitrogens is 1. The minimum absolute atomic E-state index is 0.0538. The number of furan rings is 1. The topological polar surface area (TPSA) is 124 Å². The van der Waals surface area contributed by atoms with E-state index in [4.69, 9.17) is 14.9 Å². The zero-order valence-electron chi connectivity index (χ0n) is 13.6.